The van der Waals surface area contributed by atoms with Crippen LogP contribution in [-0.4, -0.2) is 43.0 Å². The van der Waals surface area contributed by atoms with Crippen LogP contribution in [0.2, 0.25) is 13.1 Å². The predicted octanol–water partition coefficient (Wildman–Crippen LogP) is 2.36. The van der Waals surface area contributed by atoms with Crippen LogP contribution in [0, 0.1) is 0 Å². The molecule has 0 N–H and O–H groups in total. The quantitative estimate of drug-likeness (QED) is 0.442. The summed E-state index contributed by atoms with van der Waals surface area (Å²) >= 11 is 6.47. The van der Waals surface area contributed by atoms with E-state index in [2.05, 4.69) is 0 Å². The number of nitrogens with zero attached hydrogens (tertiary/aromatic N) is 2. The number of amides is 4. The van der Waals surface area contributed by atoms with E-state index in [-0.39, 0.29) is 27.9 Å². The molecule has 0 fully saturated rings. The maximum absolute atomic E-state index is 13.0. The van der Waals surface area contributed by atoms with E-state index in [1.54, 1.807) is 24.3 Å². The summed E-state index contributed by atoms with van der Waals surface area (Å²) in [6.07, 6.45) is 0. The summed E-state index contributed by atoms with van der Waals surface area (Å²) in [5.41, 5.74) is 0.923. The molecule has 0 atom stereocenters. The van der Waals surface area contributed by atoms with Crippen molar-refractivity contribution in [3.8, 4) is 0 Å². The van der Waals surface area contributed by atoms with Gasteiger partial charge >= 0.3 is 0 Å². The van der Waals surface area contributed by atoms with E-state index in [0.29, 0.717) is 0 Å². The molecule has 0 saturated heterocycles. The average Bonchev–Trinajstić information content (AvgIpc) is 3.00. The Bertz CT molecular complexity index is 1070. The summed E-state index contributed by atoms with van der Waals surface area (Å²) in [4.78, 5) is 52.6. The SMILES string of the molecule is CN1C(=O)c2cccc(N3C(=O)c4ccc([Si](C)(C)Cl)cc4C3=O)c2C1=O. The molecule has 27 heavy (non-hydrogen) atoms. The molecular formula is C19H15ClN2O4Si. The van der Waals surface area contributed by atoms with Crippen molar-refractivity contribution in [2.45, 2.75) is 13.1 Å². The summed E-state index contributed by atoms with van der Waals surface area (Å²) in [6.45, 7) is 3.86. The van der Waals surface area contributed by atoms with Gasteiger partial charge in [-0.2, -0.15) is 11.1 Å². The van der Waals surface area contributed by atoms with Crippen molar-refractivity contribution in [2.24, 2.45) is 0 Å². The second-order valence-electron chi connectivity index (χ2n) is 7.05. The molecule has 2 aliphatic rings. The highest BCUT2D eigenvalue weighted by atomic mass is 35.6. The van der Waals surface area contributed by atoms with E-state index in [0.717, 1.165) is 15.0 Å². The zero-order valence-corrected chi connectivity index (χ0v) is 16.6. The number of anilines is 1. The Balaban J connectivity index is 1.87. The van der Waals surface area contributed by atoms with E-state index >= 15 is 0 Å². The molecule has 0 spiro atoms. The normalized spacial score (nSPS) is 16.3. The first-order valence-electron chi connectivity index (χ1n) is 8.30. The van der Waals surface area contributed by atoms with E-state index < -0.39 is 31.0 Å². The molecule has 2 aromatic rings. The van der Waals surface area contributed by atoms with Crippen LogP contribution in [-0.2, 0) is 0 Å². The Morgan fingerprint density at radius 1 is 0.815 bits per heavy atom. The fraction of sp³-hybridized carbons (Fsp3) is 0.158. The lowest BCUT2D eigenvalue weighted by atomic mass is 10.1. The molecule has 0 bridgehead atoms. The molecule has 4 rings (SSSR count). The second-order valence-corrected chi connectivity index (χ2v) is 13.4. The van der Waals surface area contributed by atoms with Crippen molar-refractivity contribution in [2.75, 3.05) is 11.9 Å². The second kappa shape index (κ2) is 5.61. The first kappa shape index (κ1) is 17.6. The minimum absolute atomic E-state index is 0.0757. The van der Waals surface area contributed by atoms with Gasteiger partial charge in [0, 0.05) is 7.05 Å². The molecule has 8 heteroatoms. The van der Waals surface area contributed by atoms with Gasteiger partial charge in [-0.3, -0.25) is 24.1 Å². The van der Waals surface area contributed by atoms with Crippen LogP contribution in [0.1, 0.15) is 41.4 Å². The first-order valence-corrected chi connectivity index (χ1v) is 12.3. The summed E-state index contributed by atoms with van der Waals surface area (Å²) in [5.74, 6) is -2.02. The summed E-state index contributed by atoms with van der Waals surface area (Å²) in [6, 6.07) is 9.61. The van der Waals surface area contributed by atoms with Gasteiger partial charge in [0.2, 0.25) is 0 Å². The maximum Gasteiger partial charge on any atom is 0.266 e. The zero-order chi connectivity index (χ0) is 19.7. The fourth-order valence-electron chi connectivity index (χ4n) is 3.40. The van der Waals surface area contributed by atoms with E-state index in [1.165, 1.54) is 19.2 Å². The van der Waals surface area contributed by atoms with Crippen molar-refractivity contribution in [3.05, 3.63) is 58.7 Å². The van der Waals surface area contributed by atoms with Crippen LogP contribution in [0.15, 0.2) is 36.4 Å². The Morgan fingerprint density at radius 2 is 1.48 bits per heavy atom. The van der Waals surface area contributed by atoms with Gasteiger partial charge in [-0.25, -0.2) is 4.90 Å². The third kappa shape index (κ3) is 2.39. The number of carbonyl (C=O) groups is 4. The lowest BCUT2D eigenvalue weighted by Crippen LogP contribution is -2.35. The molecule has 0 aliphatic carbocycles. The van der Waals surface area contributed by atoms with Crippen LogP contribution in [0.25, 0.3) is 0 Å². The first-order chi connectivity index (χ1) is 12.6. The van der Waals surface area contributed by atoms with Gasteiger partial charge in [0.1, 0.15) is 0 Å². The number of hydrogen-bond acceptors (Lipinski definition) is 4. The number of fused-ring (bicyclic) bond motifs is 2. The van der Waals surface area contributed by atoms with Crippen molar-refractivity contribution in [3.63, 3.8) is 0 Å². The molecule has 4 amide bonds. The molecule has 136 valence electrons. The smallest absolute Gasteiger partial charge is 0.266 e. The molecular weight excluding hydrogens is 384 g/mol. The summed E-state index contributed by atoms with van der Waals surface area (Å²) in [7, 11) is -0.819. The number of halogens is 1. The number of imide groups is 2. The molecule has 0 unspecified atom stereocenters. The number of carbonyl (C=O) groups excluding carboxylic acids is 4. The summed E-state index contributed by atoms with van der Waals surface area (Å²) < 4.78 is 0. The largest absolute Gasteiger partial charge is 0.277 e. The molecule has 2 aromatic carbocycles. The standard InChI is InChI=1S/C19H15ClN2O4Si/c1-21-16(23)12-5-4-6-14(15(12)19(21)26)22-17(24)11-8-7-10(27(2,3)20)9-13(11)18(22)25/h4-9H,1-3H3. The minimum Gasteiger partial charge on any atom is -0.277 e. The van der Waals surface area contributed by atoms with E-state index in [9.17, 15) is 19.2 Å². The topological polar surface area (TPSA) is 74.8 Å². The van der Waals surface area contributed by atoms with Crippen LogP contribution in [0.5, 0.6) is 0 Å². The number of hydrogen-bond donors (Lipinski definition) is 0. The van der Waals surface area contributed by atoms with Crippen molar-refractivity contribution < 1.29 is 19.2 Å². The van der Waals surface area contributed by atoms with Crippen LogP contribution >= 0.6 is 11.1 Å². The Labute approximate surface area is 161 Å². The minimum atomic E-state index is -2.19. The highest BCUT2D eigenvalue weighted by molar-refractivity contribution is 7.26. The Hall–Kier alpha value is -2.77. The van der Waals surface area contributed by atoms with Gasteiger partial charge in [0.05, 0.1) is 27.9 Å². The van der Waals surface area contributed by atoms with Crippen LogP contribution in [0.3, 0.4) is 0 Å². The van der Waals surface area contributed by atoms with Crippen LogP contribution in [0.4, 0.5) is 5.69 Å². The van der Waals surface area contributed by atoms with Gasteiger partial charge < -0.3 is 0 Å². The van der Waals surface area contributed by atoms with Crippen LogP contribution < -0.4 is 10.1 Å². The molecule has 0 saturated carbocycles. The van der Waals surface area contributed by atoms with Crippen molar-refractivity contribution in [1.82, 2.24) is 4.90 Å². The fourth-order valence-corrected chi connectivity index (χ4v) is 4.72. The highest BCUT2D eigenvalue weighted by Gasteiger charge is 2.43. The molecule has 2 aliphatic heterocycles. The van der Waals surface area contributed by atoms with Gasteiger partial charge in [0.15, 0.2) is 7.38 Å². The molecule has 2 heterocycles. The van der Waals surface area contributed by atoms with Gasteiger partial charge in [0.25, 0.3) is 23.6 Å². The lowest BCUT2D eigenvalue weighted by molar-refractivity contribution is 0.0693. The molecule has 0 radical (unpaired) electrons. The Morgan fingerprint density at radius 3 is 2.15 bits per heavy atom. The molecule has 6 nitrogen and oxygen atoms in total. The lowest BCUT2D eigenvalue weighted by Gasteiger charge is -2.16. The predicted molar refractivity (Wildman–Crippen MR) is 103 cm³/mol. The molecule has 0 aromatic heterocycles. The summed E-state index contributed by atoms with van der Waals surface area (Å²) in [5, 5.41) is 0.843. The number of benzene rings is 2. The van der Waals surface area contributed by atoms with Gasteiger partial charge in [-0.05, 0) is 29.5 Å². The van der Waals surface area contributed by atoms with E-state index in [4.69, 9.17) is 11.1 Å². The Kier molecular flexibility index (Phi) is 3.66. The van der Waals surface area contributed by atoms with E-state index in [1.807, 2.05) is 13.1 Å². The zero-order valence-electron chi connectivity index (χ0n) is 14.9. The third-order valence-electron chi connectivity index (χ3n) is 4.91. The average molecular weight is 399 g/mol. The number of rotatable bonds is 2. The highest BCUT2D eigenvalue weighted by Crippen LogP contribution is 2.35. The monoisotopic (exact) mass is 398 g/mol. The van der Waals surface area contributed by atoms with Crippen molar-refractivity contribution in [1.29, 1.82) is 0 Å². The van der Waals surface area contributed by atoms with Gasteiger partial charge in [-0.1, -0.05) is 25.2 Å². The van der Waals surface area contributed by atoms with Crippen molar-refractivity contribution >= 4 is 53.0 Å². The third-order valence-corrected chi connectivity index (χ3v) is 7.25. The maximum atomic E-state index is 13.0. The van der Waals surface area contributed by atoms with Gasteiger partial charge in [-0.15, -0.1) is 0 Å².